The molecule has 26 heavy (non-hydrogen) atoms. The van der Waals surface area contributed by atoms with Gasteiger partial charge in [0, 0.05) is 32.6 Å². The van der Waals surface area contributed by atoms with Crippen molar-refractivity contribution in [3.05, 3.63) is 24.3 Å². The van der Waals surface area contributed by atoms with E-state index in [4.69, 9.17) is 5.73 Å². The molecule has 4 nitrogen and oxygen atoms in total. The second kappa shape index (κ2) is 21.9. The molecule has 4 heteroatoms. The van der Waals surface area contributed by atoms with Crippen molar-refractivity contribution in [2.45, 2.75) is 84.0 Å². The van der Waals surface area contributed by atoms with Crippen LogP contribution in [0.2, 0.25) is 0 Å². The Balaban J connectivity index is 3.25. The molecule has 0 saturated carbocycles. The van der Waals surface area contributed by atoms with E-state index in [2.05, 4.69) is 41.9 Å². The first-order chi connectivity index (χ1) is 12.8. The minimum Gasteiger partial charge on any atom is -0.355 e. The van der Waals surface area contributed by atoms with Gasteiger partial charge < -0.3 is 16.4 Å². The maximum Gasteiger partial charge on any atom is 0.220 e. The molecule has 0 rings (SSSR count). The fraction of sp³-hybridized carbons (Fsp3) is 0.773. The summed E-state index contributed by atoms with van der Waals surface area (Å²) >= 11 is 0. The Labute approximate surface area is 162 Å². The molecular weight excluding hydrogens is 322 g/mol. The van der Waals surface area contributed by atoms with Gasteiger partial charge in [0.05, 0.1) is 0 Å². The average Bonchev–Trinajstić information content (AvgIpc) is 2.64. The van der Waals surface area contributed by atoms with Crippen LogP contribution in [0.1, 0.15) is 84.0 Å². The fourth-order valence-electron chi connectivity index (χ4n) is 2.70. The van der Waals surface area contributed by atoms with Crippen molar-refractivity contribution in [1.82, 2.24) is 10.6 Å². The molecule has 0 aliphatic heterocycles. The normalized spacial score (nSPS) is 11.6. The van der Waals surface area contributed by atoms with Gasteiger partial charge in [-0.15, -0.1) is 0 Å². The van der Waals surface area contributed by atoms with E-state index < -0.39 is 0 Å². The highest BCUT2D eigenvalue weighted by atomic mass is 16.1. The molecule has 0 radical (unpaired) electrons. The molecule has 0 aliphatic carbocycles. The number of nitrogens with two attached hydrogens (primary N) is 1. The van der Waals surface area contributed by atoms with Gasteiger partial charge in [0.25, 0.3) is 0 Å². The Morgan fingerprint density at radius 3 is 2.15 bits per heavy atom. The fourth-order valence-corrected chi connectivity index (χ4v) is 2.70. The van der Waals surface area contributed by atoms with Crippen molar-refractivity contribution in [3.8, 4) is 0 Å². The molecule has 0 aromatic heterocycles. The van der Waals surface area contributed by atoms with E-state index in [1.165, 1.54) is 51.4 Å². The maximum absolute atomic E-state index is 11.6. The zero-order chi connectivity index (χ0) is 19.1. The first-order valence-corrected chi connectivity index (χ1v) is 10.8. The molecule has 0 bridgehead atoms. The lowest BCUT2D eigenvalue weighted by Gasteiger charge is -2.06. The van der Waals surface area contributed by atoms with Crippen LogP contribution < -0.4 is 16.4 Å². The van der Waals surface area contributed by atoms with E-state index in [0.29, 0.717) is 19.5 Å². The third kappa shape index (κ3) is 20.9. The van der Waals surface area contributed by atoms with Gasteiger partial charge in [0.1, 0.15) is 0 Å². The zero-order valence-corrected chi connectivity index (χ0v) is 17.1. The number of rotatable bonds is 19. The van der Waals surface area contributed by atoms with Gasteiger partial charge in [-0.3, -0.25) is 4.79 Å². The second-order valence-corrected chi connectivity index (χ2v) is 6.87. The van der Waals surface area contributed by atoms with Crippen LogP contribution >= 0.6 is 0 Å². The lowest BCUT2D eigenvalue weighted by Crippen LogP contribution is -2.33. The summed E-state index contributed by atoms with van der Waals surface area (Å²) in [6.45, 7) is 5.18. The van der Waals surface area contributed by atoms with Gasteiger partial charge in [-0.05, 0) is 38.5 Å². The number of nitrogens with one attached hydrogen (secondary N) is 2. The van der Waals surface area contributed by atoms with Crippen LogP contribution in [0, 0.1) is 0 Å². The Bertz CT molecular complexity index is 353. The predicted molar refractivity (Wildman–Crippen MR) is 114 cm³/mol. The van der Waals surface area contributed by atoms with E-state index in [1.807, 2.05) is 0 Å². The molecule has 0 saturated heterocycles. The predicted octanol–water partition coefficient (Wildman–Crippen LogP) is 4.46. The largest absolute Gasteiger partial charge is 0.355 e. The summed E-state index contributed by atoms with van der Waals surface area (Å²) in [6, 6.07) is 0. The van der Waals surface area contributed by atoms with Gasteiger partial charge in [0.15, 0.2) is 0 Å². The SMILES string of the molecule is CCCCC/C=C\C/C=C\CCCCCCCC(=O)NCCNCCN. The molecular formula is C22H43N3O. The van der Waals surface area contributed by atoms with Crippen molar-refractivity contribution in [2.75, 3.05) is 26.2 Å². The van der Waals surface area contributed by atoms with Crippen LogP contribution in [0.15, 0.2) is 24.3 Å². The quantitative estimate of drug-likeness (QED) is 0.234. The molecule has 0 aliphatic rings. The molecule has 0 spiro atoms. The summed E-state index contributed by atoms with van der Waals surface area (Å²) < 4.78 is 0. The molecule has 152 valence electrons. The van der Waals surface area contributed by atoms with E-state index >= 15 is 0 Å². The van der Waals surface area contributed by atoms with Crippen LogP contribution in [-0.2, 0) is 4.79 Å². The smallest absolute Gasteiger partial charge is 0.220 e. The molecule has 0 unspecified atom stereocenters. The topological polar surface area (TPSA) is 67.2 Å². The van der Waals surface area contributed by atoms with E-state index in [0.717, 1.165) is 32.4 Å². The summed E-state index contributed by atoms with van der Waals surface area (Å²) in [6.07, 6.45) is 23.2. The number of allylic oxidation sites excluding steroid dienone is 4. The summed E-state index contributed by atoms with van der Waals surface area (Å²) in [5.74, 6) is 0.172. The van der Waals surface area contributed by atoms with Crippen molar-refractivity contribution < 1.29 is 4.79 Å². The Morgan fingerprint density at radius 2 is 1.46 bits per heavy atom. The molecule has 0 aromatic carbocycles. The number of carbonyl (C=O) groups is 1. The Hall–Kier alpha value is -1.13. The Kier molecular flexibility index (Phi) is 21.0. The van der Waals surface area contributed by atoms with E-state index in [1.54, 1.807) is 0 Å². The number of amides is 1. The molecule has 4 N–H and O–H groups in total. The van der Waals surface area contributed by atoms with Gasteiger partial charge in [-0.2, -0.15) is 0 Å². The minimum atomic E-state index is 0.172. The van der Waals surface area contributed by atoms with Gasteiger partial charge in [-0.1, -0.05) is 63.3 Å². The van der Waals surface area contributed by atoms with Gasteiger partial charge in [0.2, 0.25) is 5.91 Å². The number of unbranched alkanes of at least 4 members (excludes halogenated alkanes) is 8. The molecule has 0 fully saturated rings. The molecule has 0 aromatic rings. The van der Waals surface area contributed by atoms with E-state index in [-0.39, 0.29) is 5.91 Å². The van der Waals surface area contributed by atoms with Crippen LogP contribution in [0.3, 0.4) is 0 Å². The second-order valence-electron chi connectivity index (χ2n) is 6.87. The van der Waals surface area contributed by atoms with Crippen LogP contribution in [0.4, 0.5) is 0 Å². The highest BCUT2D eigenvalue weighted by Crippen LogP contribution is 2.08. The molecule has 0 atom stereocenters. The van der Waals surface area contributed by atoms with Crippen molar-refractivity contribution in [1.29, 1.82) is 0 Å². The summed E-state index contributed by atoms with van der Waals surface area (Å²) in [5, 5.41) is 6.10. The highest BCUT2D eigenvalue weighted by molar-refractivity contribution is 5.75. The van der Waals surface area contributed by atoms with Crippen LogP contribution in [0.5, 0.6) is 0 Å². The standard InChI is InChI=1S/C22H43N3O/c1-2-3-4-5-6-7-8-9-10-11-12-13-14-15-16-17-22(26)25-21-20-24-19-18-23/h6-7,9-10,24H,2-5,8,11-21,23H2,1H3,(H,25,26)/b7-6-,10-9-. The van der Waals surface area contributed by atoms with Crippen LogP contribution in [-0.4, -0.2) is 32.1 Å². The third-order valence-corrected chi connectivity index (χ3v) is 4.30. The van der Waals surface area contributed by atoms with E-state index in [9.17, 15) is 4.79 Å². The lowest BCUT2D eigenvalue weighted by molar-refractivity contribution is -0.121. The van der Waals surface area contributed by atoms with Gasteiger partial charge >= 0.3 is 0 Å². The monoisotopic (exact) mass is 365 g/mol. The number of carbonyl (C=O) groups excluding carboxylic acids is 1. The highest BCUT2D eigenvalue weighted by Gasteiger charge is 1.99. The van der Waals surface area contributed by atoms with Crippen molar-refractivity contribution in [2.24, 2.45) is 5.73 Å². The third-order valence-electron chi connectivity index (χ3n) is 4.30. The van der Waals surface area contributed by atoms with Gasteiger partial charge in [-0.25, -0.2) is 0 Å². The first kappa shape index (κ1) is 24.9. The summed E-state index contributed by atoms with van der Waals surface area (Å²) in [7, 11) is 0. The maximum atomic E-state index is 11.6. The molecule has 1 amide bonds. The summed E-state index contributed by atoms with van der Waals surface area (Å²) in [4.78, 5) is 11.6. The molecule has 0 heterocycles. The Morgan fingerprint density at radius 1 is 0.808 bits per heavy atom. The minimum absolute atomic E-state index is 0.172. The summed E-state index contributed by atoms with van der Waals surface area (Å²) in [5.41, 5.74) is 5.38. The number of hydrogen-bond acceptors (Lipinski definition) is 3. The van der Waals surface area contributed by atoms with Crippen molar-refractivity contribution >= 4 is 5.91 Å². The van der Waals surface area contributed by atoms with Crippen molar-refractivity contribution in [3.63, 3.8) is 0 Å². The number of hydrogen-bond donors (Lipinski definition) is 3. The first-order valence-electron chi connectivity index (χ1n) is 10.8. The average molecular weight is 366 g/mol. The van der Waals surface area contributed by atoms with Crippen LogP contribution in [0.25, 0.3) is 0 Å². The zero-order valence-electron chi connectivity index (χ0n) is 17.1. The lowest BCUT2D eigenvalue weighted by atomic mass is 10.1.